The third-order valence-corrected chi connectivity index (χ3v) is 3.02. The van der Waals surface area contributed by atoms with Gasteiger partial charge in [-0.05, 0) is 26.8 Å². The Kier molecular flexibility index (Phi) is 7.06. The van der Waals surface area contributed by atoms with Crippen molar-refractivity contribution in [1.29, 1.82) is 0 Å². The predicted molar refractivity (Wildman–Crippen MR) is 77.5 cm³/mol. The van der Waals surface area contributed by atoms with E-state index >= 15 is 0 Å². The van der Waals surface area contributed by atoms with E-state index in [1.807, 2.05) is 6.07 Å². The maximum Gasteiger partial charge on any atom is 0.122 e. The molecule has 1 aromatic carbocycles. The molecule has 0 unspecified atom stereocenters. The van der Waals surface area contributed by atoms with Gasteiger partial charge in [-0.3, -0.25) is 0 Å². The van der Waals surface area contributed by atoms with Gasteiger partial charge in [-0.15, -0.1) is 12.4 Å². The summed E-state index contributed by atoms with van der Waals surface area (Å²) in [6.07, 6.45) is -0.680. The number of nitrogens with two attached hydrogens (primary N) is 1. The van der Waals surface area contributed by atoms with Crippen LogP contribution in [0.3, 0.4) is 0 Å². The second kappa shape index (κ2) is 7.46. The van der Waals surface area contributed by atoms with Crippen molar-refractivity contribution >= 4 is 18.1 Å². The minimum atomic E-state index is -0.680. The minimum Gasteiger partial charge on any atom is -0.508 e. The number of aliphatic hydroxyl groups is 1. The maximum atomic E-state index is 9.93. The number of hydrogen-bond acceptors (Lipinski definition) is 4. The van der Waals surface area contributed by atoms with Crippen LogP contribution in [0.5, 0.6) is 5.75 Å². The summed E-state index contributed by atoms with van der Waals surface area (Å²) < 4.78 is 0. The molecule has 0 radical (unpaired) electrons. The van der Waals surface area contributed by atoms with Gasteiger partial charge in [0.15, 0.2) is 0 Å². The van der Waals surface area contributed by atoms with Crippen LogP contribution in [0.25, 0.3) is 0 Å². The number of phenols is 1. The molecule has 0 saturated heterocycles. The lowest BCUT2D eigenvalue weighted by atomic mass is 10.0. The highest BCUT2D eigenvalue weighted by Crippen LogP contribution is 2.29. The van der Waals surface area contributed by atoms with Crippen molar-refractivity contribution in [2.75, 3.05) is 18.0 Å². The summed E-state index contributed by atoms with van der Waals surface area (Å²) in [5.74, 6) is 0.141. The van der Waals surface area contributed by atoms with Gasteiger partial charge in [0.25, 0.3) is 0 Å². The zero-order valence-electron chi connectivity index (χ0n) is 11.1. The maximum absolute atomic E-state index is 9.93. The van der Waals surface area contributed by atoms with Crippen molar-refractivity contribution in [2.45, 2.75) is 32.9 Å². The second-order valence-electron chi connectivity index (χ2n) is 4.18. The Balaban J connectivity index is 0.00000289. The number of rotatable bonds is 5. The SMILES string of the molecule is CCN(CC)c1ccc([C@H](N)[C@@H](C)O)c(O)c1.Cl. The Labute approximate surface area is 115 Å². The molecule has 1 rings (SSSR count). The molecular weight excluding hydrogens is 252 g/mol. The Morgan fingerprint density at radius 1 is 1.28 bits per heavy atom. The summed E-state index contributed by atoms with van der Waals surface area (Å²) in [5.41, 5.74) is 7.35. The molecule has 2 atom stereocenters. The van der Waals surface area contributed by atoms with Crippen molar-refractivity contribution in [1.82, 2.24) is 0 Å². The van der Waals surface area contributed by atoms with Gasteiger partial charge < -0.3 is 20.8 Å². The number of nitrogens with zero attached hydrogens (tertiary/aromatic N) is 1. The Bertz CT molecular complexity index is 368. The summed E-state index contributed by atoms with van der Waals surface area (Å²) in [4.78, 5) is 2.14. The molecule has 4 nitrogen and oxygen atoms in total. The number of phenolic OH excluding ortho intramolecular Hbond substituents is 1. The van der Waals surface area contributed by atoms with Crippen LogP contribution in [0.2, 0.25) is 0 Å². The van der Waals surface area contributed by atoms with Crippen LogP contribution in [-0.4, -0.2) is 29.4 Å². The summed E-state index contributed by atoms with van der Waals surface area (Å²) in [7, 11) is 0. The van der Waals surface area contributed by atoms with Gasteiger partial charge in [0.05, 0.1) is 12.1 Å². The fourth-order valence-electron chi connectivity index (χ4n) is 1.86. The third-order valence-electron chi connectivity index (χ3n) is 3.02. The molecule has 0 aliphatic carbocycles. The first-order chi connectivity index (χ1) is 8.01. The molecule has 1 aromatic rings. The summed E-state index contributed by atoms with van der Waals surface area (Å²) >= 11 is 0. The highest BCUT2D eigenvalue weighted by atomic mass is 35.5. The van der Waals surface area contributed by atoms with Crippen LogP contribution in [-0.2, 0) is 0 Å². The molecule has 0 bridgehead atoms. The van der Waals surface area contributed by atoms with Gasteiger partial charge in [0, 0.05) is 30.4 Å². The minimum absolute atomic E-state index is 0. The van der Waals surface area contributed by atoms with Crippen LogP contribution in [0.15, 0.2) is 18.2 Å². The Morgan fingerprint density at radius 3 is 2.22 bits per heavy atom. The van der Waals surface area contributed by atoms with Crippen LogP contribution in [0.1, 0.15) is 32.4 Å². The van der Waals surface area contributed by atoms with Crippen LogP contribution >= 0.6 is 12.4 Å². The highest BCUT2D eigenvalue weighted by molar-refractivity contribution is 5.85. The molecule has 0 fully saturated rings. The van der Waals surface area contributed by atoms with Gasteiger partial charge in [-0.1, -0.05) is 6.07 Å². The summed E-state index contributed by atoms with van der Waals surface area (Å²) in [6.45, 7) is 7.52. The highest BCUT2D eigenvalue weighted by Gasteiger charge is 2.16. The van der Waals surface area contributed by atoms with Crippen LogP contribution in [0, 0.1) is 0 Å². The van der Waals surface area contributed by atoms with Gasteiger partial charge in [-0.2, -0.15) is 0 Å². The smallest absolute Gasteiger partial charge is 0.122 e. The zero-order valence-corrected chi connectivity index (χ0v) is 11.9. The molecule has 0 aliphatic heterocycles. The molecule has 0 saturated carbocycles. The molecule has 4 N–H and O–H groups in total. The van der Waals surface area contributed by atoms with Crippen molar-refractivity contribution in [3.05, 3.63) is 23.8 Å². The normalized spacial score (nSPS) is 13.6. The number of aromatic hydroxyl groups is 1. The third kappa shape index (κ3) is 3.77. The molecule has 18 heavy (non-hydrogen) atoms. The fraction of sp³-hybridized carbons (Fsp3) is 0.538. The molecule has 0 amide bonds. The summed E-state index contributed by atoms with van der Waals surface area (Å²) in [5, 5.41) is 19.4. The fourth-order valence-corrected chi connectivity index (χ4v) is 1.86. The largest absolute Gasteiger partial charge is 0.508 e. The number of aliphatic hydroxyl groups excluding tert-OH is 1. The average molecular weight is 275 g/mol. The molecular formula is C13H23ClN2O2. The van der Waals surface area contributed by atoms with E-state index in [0.717, 1.165) is 18.8 Å². The monoisotopic (exact) mass is 274 g/mol. The predicted octanol–water partition coefficient (Wildman–Crippen LogP) is 2.04. The first-order valence-corrected chi connectivity index (χ1v) is 6.02. The van der Waals surface area contributed by atoms with Gasteiger partial charge in [-0.25, -0.2) is 0 Å². The van der Waals surface area contributed by atoms with Gasteiger partial charge in [0.1, 0.15) is 5.75 Å². The lowest BCUT2D eigenvalue weighted by Gasteiger charge is -2.23. The van der Waals surface area contributed by atoms with E-state index < -0.39 is 12.1 Å². The number of halogens is 1. The average Bonchev–Trinajstić information content (AvgIpc) is 2.30. The molecule has 5 heteroatoms. The lowest BCUT2D eigenvalue weighted by Crippen LogP contribution is -2.24. The van der Waals surface area contributed by atoms with Gasteiger partial charge >= 0.3 is 0 Å². The number of anilines is 1. The van der Waals surface area contributed by atoms with Crippen molar-refractivity contribution in [3.8, 4) is 5.75 Å². The van der Waals surface area contributed by atoms with E-state index in [-0.39, 0.29) is 18.2 Å². The molecule has 0 spiro atoms. The van der Waals surface area contributed by atoms with Crippen LogP contribution < -0.4 is 10.6 Å². The molecule has 0 heterocycles. The van der Waals surface area contributed by atoms with Crippen LogP contribution in [0.4, 0.5) is 5.69 Å². The number of hydrogen-bond donors (Lipinski definition) is 3. The Morgan fingerprint density at radius 2 is 1.83 bits per heavy atom. The zero-order chi connectivity index (χ0) is 13.0. The van der Waals surface area contributed by atoms with E-state index in [1.54, 1.807) is 19.1 Å². The van der Waals surface area contributed by atoms with E-state index in [2.05, 4.69) is 18.7 Å². The van der Waals surface area contributed by atoms with Crippen molar-refractivity contribution in [2.24, 2.45) is 5.73 Å². The van der Waals surface area contributed by atoms with E-state index in [9.17, 15) is 10.2 Å². The Hall–Kier alpha value is -0.970. The topological polar surface area (TPSA) is 69.7 Å². The van der Waals surface area contributed by atoms with Crippen molar-refractivity contribution in [3.63, 3.8) is 0 Å². The lowest BCUT2D eigenvalue weighted by molar-refractivity contribution is 0.163. The summed E-state index contributed by atoms with van der Waals surface area (Å²) in [6, 6.07) is 4.84. The molecule has 0 aliphatic rings. The van der Waals surface area contributed by atoms with Crippen molar-refractivity contribution < 1.29 is 10.2 Å². The van der Waals surface area contributed by atoms with E-state index in [4.69, 9.17) is 5.73 Å². The second-order valence-corrected chi connectivity index (χ2v) is 4.18. The van der Waals surface area contributed by atoms with E-state index in [0.29, 0.717) is 5.56 Å². The first kappa shape index (κ1) is 17.0. The first-order valence-electron chi connectivity index (χ1n) is 6.02. The standard InChI is InChI=1S/C13H22N2O2.ClH/c1-4-15(5-2)10-6-7-11(12(17)8-10)13(14)9(3)16;/h6-9,13,16-17H,4-5,14H2,1-3H3;1H/t9-,13-;/m1./s1. The molecule has 0 aromatic heterocycles. The van der Waals surface area contributed by atoms with E-state index in [1.165, 1.54) is 0 Å². The quantitative estimate of drug-likeness (QED) is 0.769. The number of benzene rings is 1. The van der Waals surface area contributed by atoms with Gasteiger partial charge in [0.2, 0.25) is 0 Å². The molecule has 104 valence electrons.